The van der Waals surface area contributed by atoms with Gasteiger partial charge in [-0.15, -0.1) is 0 Å². The molecule has 2 amide bonds. The van der Waals surface area contributed by atoms with Crippen molar-refractivity contribution in [2.45, 2.75) is 6.42 Å². The topological polar surface area (TPSA) is 67.4 Å². The molecule has 0 spiro atoms. The number of hydrogen-bond acceptors (Lipinski definition) is 3. The van der Waals surface area contributed by atoms with E-state index in [4.69, 9.17) is 4.74 Å². The molecule has 0 radical (unpaired) electrons. The van der Waals surface area contributed by atoms with Gasteiger partial charge < -0.3 is 15.4 Å². The number of benzene rings is 2. The monoisotopic (exact) mass is 298 g/mol. The summed E-state index contributed by atoms with van der Waals surface area (Å²) in [6.07, 6.45) is 0.204. The van der Waals surface area contributed by atoms with Crippen LogP contribution in [-0.4, -0.2) is 25.5 Å². The Hall–Kier alpha value is -2.82. The first-order valence-corrected chi connectivity index (χ1v) is 6.97. The second-order valence-corrected chi connectivity index (χ2v) is 4.62. The second kappa shape index (κ2) is 7.83. The zero-order valence-corrected chi connectivity index (χ0v) is 12.3. The highest BCUT2D eigenvalue weighted by atomic mass is 16.5. The van der Waals surface area contributed by atoms with E-state index in [9.17, 15) is 9.59 Å². The van der Waals surface area contributed by atoms with Crippen molar-refractivity contribution in [1.29, 1.82) is 0 Å². The van der Waals surface area contributed by atoms with Crippen molar-refractivity contribution in [3.05, 3.63) is 60.2 Å². The summed E-state index contributed by atoms with van der Waals surface area (Å²) < 4.78 is 5.13. The predicted octanol–water partition coefficient (Wildman–Crippen LogP) is 2.45. The number of para-hydroxylation sites is 2. The van der Waals surface area contributed by atoms with Crippen molar-refractivity contribution in [3.63, 3.8) is 0 Å². The van der Waals surface area contributed by atoms with Gasteiger partial charge in [0.2, 0.25) is 5.91 Å². The van der Waals surface area contributed by atoms with Gasteiger partial charge >= 0.3 is 0 Å². The van der Waals surface area contributed by atoms with E-state index in [-0.39, 0.29) is 24.8 Å². The van der Waals surface area contributed by atoms with Crippen LogP contribution in [0.3, 0.4) is 0 Å². The highest BCUT2D eigenvalue weighted by Crippen LogP contribution is 2.16. The molecule has 2 aromatic carbocycles. The lowest BCUT2D eigenvalue weighted by Crippen LogP contribution is -2.28. The molecule has 2 N–H and O–H groups in total. The van der Waals surface area contributed by atoms with Gasteiger partial charge in [0.15, 0.2) is 0 Å². The van der Waals surface area contributed by atoms with E-state index in [1.807, 2.05) is 30.3 Å². The van der Waals surface area contributed by atoms with Crippen LogP contribution in [0.5, 0.6) is 5.75 Å². The molecule has 0 heterocycles. The number of hydrogen-bond donors (Lipinski definition) is 2. The Bertz CT molecular complexity index is 641. The molecule has 0 atom stereocenters. The second-order valence-electron chi connectivity index (χ2n) is 4.62. The van der Waals surface area contributed by atoms with E-state index < -0.39 is 0 Å². The van der Waals surface area contributed by atoms with Crippen LogP contribution in [0.2, 0.25) is 0 Å². The molecular formula is C17H18N2O3. The van der Waals surface area contributed by atoms with Gasteiger partial charge in [0, 0.05) is 18.7 Å². The number of nitrogens with one attached hydrogen (secondary N) is 2. The van der Waals surface area contributed by atoms with Crippen LogP contribution in [0.15, 0.2) is 54.6 Å². The predicted molar refractivity (Wildman–Crippen MR) is 85.0 cm³/mol. The van der Waals surface area contributed by atoms with Gasteiger partial charge in [-0.2, -0.15) is 0 Å². The molecule has 0 bridgehead atoms. The molecule has 5 nitrogen and oxygen atoms in total. The molecule has 2 rings (SSSR count). The van der Waals surface area contributed by atoms with E-state index in [0.717, 1.165) is 5.69 Å². The fraction of sp³-hybridized carbons (Fsp3) is 0.176. The maximum atomic E-state index is 12.0. The molecule has 0 aromatic heterocycles. The Labute approximate surface area is 129 Å². The summed E-state index contributed by atoms with van der Waals surface area (Å²) in [6.45, 7) is 0.259. The van der Waals surface area contributed by atoms with Gasteiger partial charge in [0.25, 0.3) is 5.91 Å². The number of rotatable bonds is 6. The molecule has 0 aliphatic carbocycles. The van der Waals surface area contributed by atoms with Crippen LogP contribution in [0, 0.1) is 0 Å². The fourth-order valence-corrected chi connectivity index (χ4v) is 1.96. The van der Waals surface area contributed by atoms with Crippen LogP contribution in [0.4, 0.5) is 5.69 Å². The standard InChI is InChI=1S/C17H18N2O3/c1-22-15-10-6-5-9-14(15)17(21)18-12-11-16(20)19-13-7-3-2-4-8-13/h2-10H,11-12H2,1H3,(H,18,21)(H,19,20). The van der Waals surface area contributed by atoms with E-state index in [1.54, 1.807) is 24.3 Å². The fourth-order valence-electron chi connectivity index (χ4n) is 1.96. The van der Waals surface area contributed by atoms with Crippen molar-refractivity contribution in [1.82, 2.24) is 5.32 Å². The number of ether oxygens (including phenoxy) is 1. The summed E-state index contributed by atoms with van der Waals surface area (Å²) in [7, 11) is 1.51. The number of amides is 2. The van der Waals surface area contributed by atoms with Crippen molar-refractivity contribution in [2.75, 3.05) is 19.0 Å². The quantitative estimate of drug-likeness (QED) is 0.861. The van der Waals surface area contributed by atoms with E-state index in [1.165, 1.54) is 7.11 Å². The molecule has 0 saturated carbocycles. The lowest BCUT2D eigenvalue weighted by molar-refractivity contribution is -0.116. The van der Waals surface area contributed by atoms with Gasteiger partial charge in [-0.25, -0.2) is 0 Å². The zero-order valence-electron chi connectivity index (χ0n) is 12.3. The third kappa shape index (κ3) is 4.34. The lowest BCUT2D eigenvalue weighted by Gasteiger charge is -2.09. The summed E-state index contributed by atoms with van der Waals surface area (Å²) in [4.78, 5) is 23.8. The van der Waals surface area contributed by atoms with E-state index >= 15 is 0 Å². The first kappa shape index (κ1) is 15.6. The summed E-state index contributed by atoms with van der Waals surface area (Å²) >= 11 is 0. The van der Waals surface area contributed by atoms with Crippen LogP contribution >= 0.6 is 0 Å². The Kier molecular flexibility index (Phi) is 5.54. The molecule has 0 saturated heterocycles. The summed E-state index contributed by atoms with van der Waals surface area (Å²) in [5, 5.41) is 5.47. The highest BCUT2D eigenvalue weighted by Gasteiger charge is 2.11. The van der Waals surface area contributed by atoms with Gasteiger partial charge in [-0.3, -0.25) is 9.59 Å². The molecule has 0 aliphatic heterocycles. The minimum Gasteiger partial charge on any atom is -0.496 e. The maximum absolute atomic E-state index is 12.0. The molecule has 2 aromatic rings. The maximum Gasteiger partial charge on any atom is 0.255 e. The van der Waals surface area contributed by atoms with Crippen LogP contribution in [0.25, 0.3) is 0 Å². The Balaban J connectivity index is 1.81. The Morgan fingerprint density at radius 1 is 1.00 bits per heavy atom. The molecule has 0 aliphatic rings. The molecular weight excluding hydrogens is 280 g/mol. The van der Waals surface area contributed by atoms with Crippen LogP contribution in [-0.2, 0) is 4.79 Å². The van der Waals surface area contributed by atoms with Gasteiger partial charge in [-0.05, 0) is 24.3 Å². The number of carbonyl (C=O) groups excluding carboxylic acids is 2. The van der Waals surface area contributed by atoms with Gasteiger partial charge in [-0.1, -0.05) is 30.3 Å². The Morgan fingerprint density at radius 2 is 1.68 bits per heavy atom. The highest BCUT2D eigenvalue weighted by molar-refractivity contribution is 5.97. The van der Waals surface area contributed by atoms with Crippen LogP contribution in [0.1, 0.15) is 16.8 Å². The lowest BCUT2D eigenvalue weighted by atomic mass is 10.2. The largest absolute Gasteiger partial charge is 0.496 e. The third-order valence-electron chi connectivity index (χ3n) is 3.05. The number of anilines is 1. The molecule has 5 heteroatoms. The SMILES string of the molecule is COc1ccccc1C(=O)NCCC(=O)Nc1ccccc1. The minimum absolute atomic E-state index is 0.147. The van der Waals surface area contributed by atoms with E-state index in [0.29, 0.717) is 11.3 Å². The molecule has 22 heavy (non-hydrogen) atoms. The van der Waals surface area contributed by atoms with Crippen molar-refractivity contribution >= 4 is 17.5 Å². The third-order valence-corrected chi connectivity index (χ3v) is 3.05. The van der Waals surface area contributed by atoms with Crippen molar-refractivity contribution in [2.24, 2.45) is 0 Å². The van der Waals surface area contributed by atoms with E-state index in [2.05, 4.69) is 10.6 Å². The molecule has 114 valence electrons. The zero-order chi connectivity index (χ0) is 15.8. The van der Waals surface area contributed by atoms with Crippen molar-refractivity contribution in [3.8, 4) is 5.75 Å². The van der Waals surface area contributed by atoms with Crippen molar-refractivity contribution < 1.29 is 14.3 Å². The van der Waals surface area contributed by atoms with Gasteiger partial charge in [0.05, 0.1) is 12.7 Å². The minimum atomic E-state index is -0.259. The summed E-state index contributed by atoms with van der Waals surface area (Å²) in [5.41, 5.74) is 1.19. The molecule has 0 fully saturated rings. The average molecular weight is 298 g/mol. The normalized spacial score (nSPS) is 9.86. The number of carbonyl (C=O) groups is 2. The Morgan fingerprint density at radius 3 is 2.41 bits per heavy atom. The van der Waals surface area contributed by atoms with Crippen LogP contribution < -0.4 is 15.4 Å². The van der Waals surface area contributed by atoms with Gasteiger partial charge in [0.1, 0.15) is 5.75 Å². The summed E-state index contributed by atoms with van der Waals surface area (Å²) in [5.74, 6) is 0.102. The number of methoxy groups -OCH3 is 1. The first-order chi connectivity index (χ1) is 10.7. The summed E-state index contributed by atoms with van der Waals surface area (Å²) in [6, 6.07) is 16.1. The average Bonchev–Trinajstić information content (AvgIpc) is 2.55. The molecule has 0 unspecified atom stereocenters. The first-order valence-electron chi connectivity index (χ1n) is 6.97. The smallest absolute Gasteiger partial charge is 0.255 e.